The van der Waals surface area contributed by atoms with Gasteiger partial charge in [0.05, 0.1) is 0 Å². The number of hydrogen-bond acceptors (Lipinski definition) is 0. The third-order valence-corrected chi connectivity index (χ3v) is 8.27. The van der Waals surface area contributed by atoms with Crippen LogP contribution in [0.4, 0.5) is 0 Å². The van der Waals surface area contributed by atoms with Gasteiger partial charge in [0.15, 0.2) is 0 Å². The van der Waals surface area contributed by atoms with E-state index in [1.165, 1.54) is 83.1 Å². The first-order chi connectivity index (χ1) is 17.5. The summed E-state index contributed by atoms with van der Waals surface area (Å²) in [4.78, 5) is 0. The topological polar surface area (TPSA) is 0 Å². The van der Waals surface area contributed by atoms with Gasteiger partial charge in [-0.25, -0.2) is 12.2 Å². The van der Waals surface area contributed by atoms with Crippen molar-refractivity contribution < 1.29 is 24.2 Å². The van der Waals surface area contributed by atoms with Crippen molar-refractivity contribution in [3.63, 3.8) is 0 Å². The first-order valence-electron chi connectivity index (χ1n) is 12.5. The summed E-state index contributed by atoms with van der Waals surface area (Å²) < 4.78 is 1.46. The average Bonchev–Trinajstić information content (AvgIpc) is 3.59. The van der Waals surface area contributed by atoms with Gasteiger partial charge in [0.25, 0.3) is 0 Å². The first kappa shape index (κ1) is 26.2. The van der Waals surface area contributed by atoms with Gasteiger partial charge in [0.2, 0.25) is 0 Å². The van der Waals surface area contributed by atoms with Gasteiger partial charge in [0.1, 0.15) is 0 Å². The van der Waals surface area contributed by atoms with Gasteiger partial charge in [-0.05, 0) is 6.42 Å². The van der Waals surface area contributed by atoms with E-state index in [1.54, 1.807) is 0 Å². The molecule has 0 radical (unpaired) electrons. The summed E-state index contributed by atoms with van der Waals surface area (Å²) in [5.74, 6) is 0. The third-order valence-electron chi connectivity index (χ3n) is 6.95. The van der Waals surface area contributed by atoms with Crippen molar-refractivity contribution in [2.75, 3.05) is 0 Å². The van der Waals surface area contributed by atoms with E-state index >= 15 is 0 Å². The van der Waals surface area contributed by atoms with Crippen LogP contribution in [0.5, 0.6) is 0 Å². The normalized spacial score (nSPS) is 12.2. The fourth-order valence-corrected chi connectivity index (χ4v) is 5.86. The van der Waals surface area contributed by atoms with E-state index in [1.807, 2.05) is 18.2 Å². The molecule has 1 heteroatoms. The van der Waals surface area contributed by atoms with Gasteiger partial charge in [0, 0.05) is 0 Å². The maximum atomic E-state index is 3.30. The molecule has 0 fully saturated rings. The molecule has 0 saturated heterocycles. The number of fused-ring (bicyclic) bond motifs is 3. The zero-order valence-corrected chi connectivity index (χ0v) is 24.1. The van der Waals surface area contributed by atoms with Crippen LogP contribution in [-0.2, 0) is 30.7 Å². The Labute approximate surface area is 231 Å². The number of rotatable bonds is 2. The molecule has 176 valence electrons. The zero-order chi connectivity index (χ0) is 25.5. The van der Waals surface area contributed by atoms with Crippen molar-refractivity contribution in [2.45, 2.75) is 40.5 Å². The average molecular weight is 544 g/mol. The molecular formula is C35H32Zr. The van der Waals surface area contributed by atoms with Crippen molar-refractivity contribution in [2.24, 2.45) is 0 Å². The van der Waals surface area contributed by atoms with Crippen molar-refractivity contribution in [3.05, 3.63) is 154 Å². The quantitative estimate of drug-likeness (QED) is 0.196. The van der Waals surface area contributed by atoms with Gasteiger partial charge in [-0.15, -0.1) is 12.0 Å². The van der Waals surface area contributed by atoms with Gasteiger partial charge < -0.3 is 0 Å². The minimum Gasteiger partial charge on any atom is -0.273 e. The van der Waals surface area contributed by atoms with Crippen LogP contribution in [-0.4, -0.2) is 3.21 Å². The SMILES string of the molecule is Cc1cccc([C](=[Zr+2])c2cccc(C)c2C)c1C.[C-]1=CC=CC1.[c-]1cccc2c1Cc1ccccc1-2. The molecule has 4 aromatic carbocycles. The zero-order valence-electron chi connectivity index (χ0n) is 21.7. The Bertz CT molecular complexity index is 1330. The van der Waals surface area contributed by atoms with E-state index < -0.39 is 0 Å². The summed E-state index contributed by atoms with van der Waals surface area (Å²) in [6.45, 7) is 8.82. The molecule has 0 bridgehead atoms. The van der Waals surface area contributed by atoms with Gasteiger partial charge >= 0.3 is 125 Å². The molecule has 6 rings (SSSR count). The maximum absolute atomic E-state index is 3.30. The molecule has 0 N–H and O–H groups in total. The van der Waals surface area contributed by atoms with Gasteiger partial charge in [-0.3, -0.25) is 6.08 Å². The summed E-state index contributed by atoms with van der Waals surface area (Å²) in [5.41, 5.74) is 13.9. The van der Waals surface area contributed by atoms with Gasteiger partial charge in [-0.2, -0.15) is 35.9 Å². The molecular weight excluding hydrogens is 512 g/mol. The molecule has 0 aromatic heterocycles. The van der Waals surface area contributed by atoms with Crippen LogP contribution in [0.15, 0.2) is 97.1 Å². The van der Waals surface area contributed by atoms with Crippen molar-refractivity contribution in [3.8, 4) is 11.1 Å². The Hall–Kier alpha value is -2.89. The van der Waals surface area contributed by atoms with Crippen molar-refractivity contribution in [1.82, 2.24) is 0 Å². The van der Waals surface area contributed by atoms with E-state index in [0.29, 0.717) is 0 Å². The molecule has 2 aliphatic rings. The number of benzene rings is 4. The van der Waals surface area contributed by atoms with E-state index in [9.17, 15) is 0 Å². The fourth-order valence-electron chi connectivity index (χ4n) is 4.53. The predicted molar refractivity (Wildman–Crippen MR) is 150 cm³/mol. The second kappa shape index (κ2) is 12.4. The number of hydrogen-bond donors (Lipinski definition) is 0. The van der Waals surface area contributed by atoms with Gasteiger partial charge in [-0.1, -0.05) is 35.4 Å². The van der Waals surface area contributed by atoms with Crippen LogP contribution in [0, 0.1) is 39.8 Å². The molecule has 0 heterocycles. The van der Waals surface area contributed by atoms with E-state index in [0.717, 1.165) is 12.8 Å². The summed E-state index contributed by atoms with van der Waals surface area (Å²) in [5, 5.41) is 0. The van der Waals surface area contributed by atoms with Crippen molar-refractivity contribution >= 4 is 3.21 Å². The Balaban J connectivity index is 0.000000146. The smallest absolute Gasteiger partial charge is 0.0253 e. The standard InChI is InChI=1S/C17H18.C13H9.C5H5.Zr/c1-12-7-5-9-16(14(12)3)11-17-10-6-8-13(2)15(17)4;1-3-7-12-10(5-1)9-11-6-2-4-8-13(11)12;1-2-4-5-3-1;/h5-10H,1-4H3;1-5,7-8H,9H2;1-3H,4H2;/q;2*-1;+2. The molecule has 0 spiro atoms. The van der Waals surface area contributed by atoms with Crippen LogP contribution in [0.25, 0.3) is 11.1 Å². The number of aryl methyl sites for hydroxylation is 2. The van der Waals surface area contributed by atoms with Crippen LogP contribution in [0.3, 0.4) is 0 Å². The first-order valence-corrected chi connectivity index (χ1v) is 13.7. The van der Waals surface area contributed by atoms with Crippen LogP contribution in [0.2, 0.25) is 0 Å². The van der Waals surface area contributed by atoms with Crippen molar-refractivity contribution in [1.29, 1.82) is 0 Å². The van der Waals surface area contributed by atoms with E-state index in [2.05, 4.69) is 119 Å². The molecule has 36 heavy (non-hydrogen) atoms. The predicted octanol–water partition coefficient (Wildman–Crippen LogP) is 8.40. The summed E-state index contributed by atoms with van der Waals surface area (Å²) >= 11 is 1.48. The van der Waals surface area contributed by atoms with Crippen LogP contribution < -0.4 is 0 Å². The Morgan fingerprint density at radius 1 is 0.722 bits per heavy atom. The Kier molecular flexibility index (Phi) is 9.00. The van der Waals surface area contributed by atoms with E-state index in [-0.39, 0.29) is 0 Å². The molecule has 0 saturated carbocycles. The maximum Gasteiger partial charge on any atom is -0.0253 e. The molecule has 0 atom stereocenters. The second-order valence-electron chi connectivity index (χ2n) is 9.27. The second-order valence-corrected chi connectivity index (χ2v) is 10.5. The van der Waals surface area contributed by atoms with E-state index in [4.69, 9.17) is 0 Å². The monoisotopic (exact) mass is 542 g/mol. The molecule has 0 unspecified atom stereocenters. The number of allylic oxidation sites excluding steroid dienone is 4. The molecule has 0 amide bonds. The molecule has 4 aromatic rings. The molecule has 0 nitrogen and oxygen atoms in total. The summed E-state index contributed by atoms with van der Waals surface area (Å²) in [6.07, 6.45) is 11.0. The molecule has 2 aliphatic carbocycles. The third kappa shape index (κ3) is 6.08. The molecule has 0 aliphatic heterocycles. The fraction of sp³-hybridized carbons (Fsp3) is 0.171. The Morgan fingerprint density at radius 2 is 1.36 bits per heavy atom. The summed E-state index contributed by atoms with van der Waals surface area (Å²) in [7, 11) is 0. The van der Waals surface area contributed by atoms with Crippen LogP contribution in [0.1, 0.15) is 50.9 Å². The van der Waals surface area contributed by atoms with Crippen LogP contribution >= 0.6 is 0 Å². The largest absolute Gasteiger partial charge is 0.273 e. The Morgan fingerprint density at radius 3 is 1.94 bits per heavy atom. The summed E-state index contributed by atoms with van der Waals surface area (Å²) in [6, 6.07) is 31.3. The minimum atomic E-state index is 1.01. The minimum absolute atomic E-state index is 1.01.